The maximum atomic E-state index is 6.14. The quantitative estimate of drug-likeness (QED) is 0.818. The Bertz CT molecular complexity index is 539. The molecule has 1 aromatic carbocycles. The van der Waals surface area contributed by atoms with Crippen molar-refractivity contribution in [2.75, 3.05) is 6.54 Å². The second kappa shape index (κ2) is 5.00. The van der Waals surface area contributed by atoms with Gasteiger partial charge in [-0.1, -0.05) is 23.2 Å². The Morgan fingerprint density at radius 2 is 2.12 bits per heavy atom. The molecule has 0 spiro atoms. The second-order valence-electron chi connectivity index (χ2n) is 4.33. The molecule has 1 heterocycles. The van der Waals surface area contributed by atoms with Crippen molar-refractivity contribution in [1.82, 2.24) is 4.98 Å². The van der Waals surface area contributed by atoms with E-state index in [0.29, 0.717) is 18.1 Å². The first-order valence-corrected chi connectivity index (χ1v) is 5.99. The molecule has 0 radical (unpaired) electrons. The van der Waals surface area contributed by atoms with Crippen molar-refractivity contribution in [3.8, 4) is 0 Å². The van der Waals surface area contributed by atoms with Crippen molar-refractivity contribution in [1.29, 1.82) is 0 Å². The van der Waals surface area contributed by atoms with Gasteiger partial charge in [-0.15, -0.1) is 0 Å². The predicted octanol–water partition coefficient (Wildman–Crippen LogP) is 2.03. The van der Waals surface area contributed by atoms with Gasteiger partial charge in [0.25, 0.3) is 0 Å². The molecule has 0 aliphatic carbocycles. The molecule has 4 heteroatoms. The third-order valence-corrected chi connectivity index (χ3v) is 3.11. The Morgan fingerprint density at radius 3 is 2.82 bits per heavy atom. The third kappa shape index (κ3) is 2.75. The van der Waals surface area contributed by atoms with Crippen LogP contribution in [0.2, 0.25) is 5.15 Å². The minimum Gasteiger partial charge on any atom is -0.329 e. The smallest absolute Gasteiger partial charge is 0.133 e. The zero-order valence-corrected chi connectivity index (χ0v) is 10.5. The lowest BCUT2D eigenvalue weighted by Gasteiger charge is -2.11. The summed E-state index contributed by atoms with van der Waals surface area (Å²) in [6.45, 7) is 2.50. The van der Waals surface area contributed by atoms with Crippen LogP contribution in [0.15, 0.2) is 24.3 Å². The van der Waals surface area contributed by atoms with Crippen LogP contribution in [-0.2, 0) is 6.42 Å². The molecule has 1 atom stereocenters. The molecule has 0 fully saturated rings. The van der Waals surface area contributed by atoms with Gasteiger partial charge in [-0.2, -0.15) is 0 Å². The Hall–Kier alpha value is -1.16. The van der Waals surface area contributed by atoms with Crippen LogP contribution in [0.4, 0.5) is 0 Å². The zero-order chi connectivity index (χ0) is 12.4. The number of rotatable bonds is 3. The highest BCUT2D eigenvalue weighted by atomic mass is 35.5. The number of fused-ring (bicyclic) bond motifs is 1. The summed E-state index contributed by atoms with van der Waals surface area (Å²) < 4.78 is 0. The first-order chi connectivity index (χ1) is 8.10. The molecule has 3 nitrogen and oxygen atoms in total. The van der Waals surface area contributed by atoms with Gasteiger partial charge in [0.05, 0.1) is 5.52 Å². The fourth-order valence-electron chi connectivity index (χ4n) is 1.83. The molecular formula is C13H16ClN3. The van der Waals surface area contributed by atoms with Crippen molar-refractivity contribution in [3.05, 3.63) is 40.5 Å². The summed E-state index contributed by atoms with van der Waals surface area (Å²) >= 11 is 6.14. The first-order valence-electron chi connectivity index (χ1n) is 5.61. The van der Waals surface area contributed by atoms with Gasteiger partial charge in [0.1, 0.15) is 5.15 Å². The van der Waals surface area contributed by atoms with Crippen molar-refractivity contribution in [2.45, 2.75) is 19.4 Å². The molecule has 1 aromatic heterocycles. The van der Waals surface area contributed by atoms with Crippen LogP contribution >= 0.6 is 11.6 Å². The highest BCUT2D eigenvalue weighted by Gasteiger charge is 2.08. The molecule has 2 rings (SSSR count). The lowest BCUT2D eigenvalue weighted by molar-refractivity contribution is 0.678. The van der Waals surface area contributed by atoms with E-state index >= 15 is 0 Å². The topological polar surface area (TPSA) is 64.9 Å². The minimum absolute atomic E-state index is 0.0726. The highest BCUT2D eigenvalue weighted by molar-refractivity contribution is 6.30. The summed E-state index contributed by atoms with van der Waals surface area (Å²) in [6.07, 6.45) is 0.659. The van der Waals surface area contributed by atoms with Crippen LogP contribution in [0.5, 0.6) is 0 Å². The lowest BCUT2D eigenvalue weighted by atomic mass is 10.1. The van der Waals surface area contributed by atoms with E-state index in [0.717, 1.165) is 16.5 Å². The monoisotopic (exact) mass is 249 g/mol. The van der Waals surface area contributed by atoms with Gasteiger partial charge >= 0.3 is 0 Å². The number of benzene rings is 1. The molecule has 4 N–H and O–H groups in total. The SMILES string of the molecule is Cc1ccc2nc(Cl)c(CC(N)CN)cc2c1. The van der Waals surface area contributed by atoms with Crippen molar-refractivity contribution in [3.63, 3.8) is 0 Å². The Morgan fingerprint density at radius 1 is 1.35 bits per heavy atom. The summed E-state index contributed by atoms with van der Waals surface area (Å²) in [4.78, 5) is 4.37. The van der Waals surface area contributed by atoms with Gasteiger partial charge < -0.3 is 11.5 Å². The van der Waals surface area contributed by atoms with Crippen LogP contribution in [0, 0.1) is 6.92 Å². The van der Waals surface area contributed by atoms with E-state index in [1.807, 2.05) is 18.2 Å². The molecule has 2 aromatic rings. The molecule has 0 saturated carbocycles. The Balaban J connectivity index is 2.46. The minimum atomic E-state index is -0.0726. The highest BCUT2D eigenvalue weighted by Crippen LogP contribution is 2.22. The summed E-state index contributed by atoms with van der Waals surface area (Å²) in [5.41, 5.74) is 14.4. The number of aromatic nitrogens is 1. The van der Waals surface area contributed by atoms with Crippen molar-refractivity contribution in [2.24, 2.45) is 11.5 Å². The predicted molar refractivity (Wildman–Crippen MR) is 72.2 cm³/mol. The van der Waals surface area contributed by atoms with E-state index in [4.69, 9.17) is 23.1 Å². The summed E-state index contributed by atoms with van der Waals surface area (Å²) in [5, 5.41) is 1.61. The number of hydrogen-bond acceptors (Lipinski definition) is 3. The number of pyridine rings is 1. The second-order valence-corrected chi connectivity index (χ2v) is 4.69. The fraction of sp³-hybridized carbons (Fsp3) is 0.308. The van der Waals surface area contributed by atoms with Crippen LogP contribution in [-0.4, -0.2) is 17.6 Å². The molecule has 0 saturated heterocycles. The van der Waals surface area contributed by atoms with Gasteiger partial charge in [0.15, 0.2) is 0 Å². The normalized spacial score (nSPS) is 12.9. The van der Waals surface area contributed by atoms with E-state index < -0.39 is 0 Å². The average Bonchev–Trinajstić information content (AvgIpc) is 2.30. The van der Waals surface area contributed by atoms with Crippen LogP contribution in [0.3, 0.4) is 0 Å². The molecule has 1 unspecified atom stereocenters. The van der Waals surface area contributed by atoms with E-state index in [-0.39, 0.29) is 6.04 Å². The Labute approximate surface area is 106 Å². The zero-order valence-electron chi connectivity index (χ0n) is 9.78. The molecule has 0 aliphatic rings. The molecule has 0 amide bonds. The van der Waals surface area contributed by atoms with Gasteiger partial charge in [0, 0.05) is 18.0 Å². The summed E-state index contributed by atoms with van der Waals surface area (Å²) in [5.74, 6) is 0. The molecule has 90 valence electrons. The van der Waals surface area contributed by atoms with E-state index in [9.17, 15) is 0 Å². The van der Waals surface area contributed by atoms with Gasteiger partial charge in [0.2, 0.25) is 0 Å². The molecular weight excluding hydrogens is 234 g/mol. The van der Waals surface area contributed by atoms with Crippen molar-refractivity contribution >= 4 is 22.5 Å². The number of aryl methyl sites for hydroxylation is 1. The molecule has 0 bridgehead atoms. The standard InChI is InChI=1S/C13H16ClN3/c1-8-2-3-12-9(4-8)5-10(13(14)17-12)6-11(16)7-15/h2-5,11H,6-7,15-16H2,1H3. The first kappa shape index (κ1) is 12.3. The van der Waals surface area contributed by atoms with Crippen LogP contribution < -0.4 is 11.5 Å². The fourth-order valence-corrected chi connectivity index (χ4v) is 2.05. The number of halogens is 1. The van der Waals surface area contributed by atoms with E-state index in [1.165, 1.54) is 5.56 Å². The van der Waals surface area contributed by atoms with Crippen LogP contribution in [0.1, 0.15) is 11.1 Å². The largest absolute Gasteiger partial charge is 0.329 e. The van der Waals surface area contributed by atoms with E-state index in [2.05, 4.69) is 18.0 Å². The maximum absolute atomic E-state index is 6.14. The van der Waals surface area contributed by atoms with Gasteiger partial charge in [-0.3, -0.25) is 0 Å². The van der Waals surface area contributed by atoms with Crippen LogP contribution in [0.25, 0.3) is 10.9 Å². The average molecular weight is 250 g/mol. The molecule has 0 aliphatic heterocycles. The number of nitrogens with zero attached hydrogens (tertiary/aromatic N) is 1. The van der Waals surface area contributed by atoms with Gasteiger partial charge in [-0.05, 0) is 37.1 Å². The van der Waals surface area contributed by atoms with Gasteiger partial charge in [-0.25, -0.2) is 4.98 Å². The number of hydrogen-bond donors (Lipinski definition) is 2. The molecule has 17 heavy (non-hydrogen) atoms. The van der Waals surface area contributed by atoms with E-state index in [1.54, 1.807) is 0 Å². The third-order valence-electron chi connectivity index (χ3n) is 2.78. The lowest BCUT2D eigenvalue weighted by Crippen LogP contribution is -2.31. The summed E-state index contributed by atoms with van der Waals surface area (Å²) in [7, 11) is 0. The maximum Gasteiger partial charge on any atom is 0.133 e. The summed E-state index contributed by atoms with van der Waals surface area (Å²) in [6, 6.07) is 8.07. The van der Waals surface area contributed by atoms with Crippen molar-refractivity contribution < 1.29 is 0 Å². The Kier molecular flexibility index (Phi) is 3.62. The number of nitrogens with two attached hydrogens (primary N) is 2.